The number of carbonyl (C=O) groups excluding carboxylic acids is 1. The summed E-state index contributed by atoms with van der Waals surface area (Å²) in [4.78, 5) is 14.3. The van der Waals surface area contributed by atoms with Crippen LogP contribution in [0.4, 0.5) is 10.1 Å². The second-order valence-corrected chi connectivity index (χ2v) is 5.78. The molecule has 1 amide bonds. The Bertz CT molecular complexity index is 908. The number of ether oxygens (including phenoxy) is 1. The number of aromatic nitrogens is 2. The quantitative estimate of drug-likeness (QED) is 0.734. The molecule has 126 valence electrons. The van der Waals surface area contributed by atoms with E-state index in [1.54, 1.807) is 27.8 Å². The molecule has 1 aliphatic heterocycles. The molecule has 0 saturated carbocycles. The molecule has 0 unspecified atom stereocenters. The third-order valence-corrected chi connectivity index (χ3v) is 4.08. The standard InChI is InChI=1S/C19H16FN3O2/c20-14-5-4-6-16(11-14)22-9-10-23-18(19(22)24)12-15(21-23)13-25-17-7-2-1-3-8-17/h1-8,11-12H,9-10,13H2. The van der Waals surface area contributed by atoms with Crippen molar-refractivity contribution < 1.29 is 13.9 Å². The van der Waals surface area contributed by atoms with E-state index in [-0.39, 0.29) is 18.3 Å². The van der Waals surface area contributed by atoms with Crippen molar-refractivity contribution in [3.05, 3.63) is 77.9 Å². The Labute approximate surface area is 144 Å². The van der Waals surface area contributed by atoms with Crippen molar-refractivity contribution in [3.8, 4) is 5.75 Å². The summed E-state index contributed by atoms with van der Waals surface area (Å²) in [5.41, 5.74) is 1.73. The Balaban J connectivity index is 1.53. The maximum Gasteiger partial charge on any atom is 0.276 e. The van der Waals surface area contributed by atoms with Gasteiger partial charge in [0.25, 0.3) is 5.91 Å². The highest BCUT2D eigenvalue weighted by Crippen LogP contribution is 2.22. The average molecular weight is 337 g/mol. The van der Waals surface area contributed by atoms with E-state index < -0.39 is 0 Å². The van der Waals surface area contributed by atoms with E-state index in [0.29, 0.717) is 30.2 Å². The second-order valence-electron chi connectivity index (χ2n) is 5.78. The van der Waals surface area contributed by atoms with E-state index in [9.17, 15) is 9.18 Å². The monoisotopic (exact) mass is 337 g/mol. The first-order valence-corrected chi connectivity index (χ1v) is 8.03. The lowest BCUT2D eigenvalue weighted by molar-refractivity contribution is 0.0962. The highest BCUT2D eigenvalue weighted by Gasteiger charge is 2.27. The predicted octanol–water partition coefficient (Wildman–Crippen LogP) is 3.26. The number of carbonyl (C=O) groups is 1. The Morgan fingerprint density at radius 2 is 1.88 bits per heavy atom. The van der Waals surface area contributed by atoms with Crippen LogP contribution in [-0.2, 0) is 13.2 Å². The summed E-state index contributed by atoms with van der Waals surface area (Å²) in [6.07, 6.45) is 0. The number of hydrogen-bond donors (Lipinski definition) is 0. The molecule has 0 N–H and O–H groups in total. The molecule has 2 aromatic carbocycles. The van der Waals surface area contributed by atoms with E-state index in [4.69, 9.17) is 4.74 Å². The lowest BCUT2D eigenvalue weighted by Gasteiger charge is -2.27. The van der Waals surface area contributed by atoms with Gasteiger partial charge in [0.05, 0.1) is 6.54 Å². The van der Waals surface area contributed by atoms with Crippen molar-refractivity contribution in [2.24, 2.45) is 0 Å². The van der Waals surface area contributed by atoms with Crippen LogP contribution in [0.15, 0.2) is 60.7 Å². The number of anilines is 1. The molecule has 1 aromatic heterocycles. The number of fused-ring (bicyclic) bond motifs is 1. The second kappa shape index (κ2) is 6.39. The highest BCUT2D eigenvalue weighted by molar-refractivity contribution is 6.05. The summed E-state index contributed by atoms with van der Waals surface area (Å²) < 4.78 is 20.8. The zero-order valence-corrected chi connectivity index (χ0v) is 13.4. The lowest BCUT2D eigenvalue weighted by atomic mass is 10.2. The molecule has 6 heteroatoms. The van der Waals surface area contributed by atoms with E-state index in [1.807, 2.05) is 30.3 Å². The Hall–Kier alpha value is -3.15. The van der Waals surface area contributed by atoms with Gasteiger partial charge in [0.15, 0.2) is 0 Å². The van der Waals surface area contributed by atoms with Gasteiger partial charge in [0.1, 0.15) is 29.6 Å². The van der Waals surface area contributed by atoms with Gasteiger partial charge in [0, 0.05) is 12.2 Å². The molecule has 0 fully saturated rings. The van der Waals surface area contributed by atoms with Crippen LogP contribution in [0.25, 0.3) is 0 Å². The van der Waals surface area contributed by atoms with Gasteiger partial charge >= 0.3 is 0 Å². The molecule has 0 saturated heterocycles. The Morgan fingerprint density at radius 3 is 2.68 bits per heavy atom. The molecule has 0 atom stereocenters. The summed E-state index contributed by atoms with van der Waals surface area (Å²) in [5, 5.41) is 4.43. The first-order valence-electron chi connectivity index (χ1n) is 8.03. The smallest absolute Gasteiger partial charge is 0.276 e. The summed E-state index contributed by atoms with van der Waals surface area (Å²) in [6.45, 7) is 1.30. The first-order chi connectivity index (χ1) is 12.2. The van der Waals surface area contributed by atoms with E-state index in [1.165, 1.54) is 12.1 Å². The molecule has 25 heavy (non-hydrogen) atoms. The number of halogens is 1. The third-order valence-electron chi connectivity index (χ3n) is 4.08. The van der Waals surface area contributed by atoms with Crippen molar-refractivity contribution in [1.29, 1.82) is 0 Å². The molecule has 0 bridgehead atoms. The van der Waals surface area contributed by atoms with Gasteiger partial charge in [-0.25, -0.2) is 4.39 Å². The zero-order valence-electron chi connectivity index (χ0n) is 13.4. The van der Waals surface area contributed by atoms with Crippen molar-refractivity contribution in [2.45, 2.75) is 13.2 Å². The molecule has 3 aromatic rings. The molecule has 5 nitrogen and oxygen atoms in total. The van der Waals surface area contributed by atoms with Crippen LogP contribution in [0.5, 0.6) is 5.75 Å². The number of para-hydroxylation sites is 1. The summed E-state index contributed by atoms with van der Waals surface area (Å²) in [6, 6.07) is 17.2. The van der Waals surface area contributed by atoms with Crippen molar-refractivity contribution in [2.75, 3.05) is 11.4 Å². The van der Waals surface area contributed by atoms with E-state index in [0.717, 1.165) is 5.75 Å². The number of nitrogens with zero attached hydrogens (tertiary/aromatic N) is 3. The molecule has 0 spiro atoms. The van der Waals surface area contributed by atoms with Gasteiger partial charge in [-0.3, -0.25) is 9.48 Å². The molecule has 4 rings (SSSR count). The minimum absolute atomic E-state index is 0.185. The average Bonchev–Trinajstić information content (AvgIpc) is 3.05. The van der Waals surface area contributed by atoms with Gasteiger partial charge in [-0.15, -0.1) is 0 Å². The molecule has 1 aliphatic rings. The summed E-state index contributed by atoms with van der Waals surface area (Å²) >= 11 is 0. The highest BCUT2D eigenvalue weighted by atomic mass is 19.1. The molecule has 0 radical (unpaired) electrons. The van der Waals surface area contributed by atoms with E-state index >= 15 is 0 Å². The number of amides is 1. The largest absolute Gasteiger partial charge is 0.487 e. The minimum Gasteiger partial charge on any atom is -0.487 e. The van der Waals surface area contributed by atoms with Crippen LogP contribution in [0.3, 0.4) is 0 Å². The van der Waals surface area contributed by atoms with Crippen LogP contribution >= 0.6 is 0 Å². The SMILES string of the molecule is O=C1c2cc(COc3ccccc3)nn2CCN1c1cccc(F)c1. The fourth-order valence-electron chi connectivity index (χ4n) is 2.88. The Morgan fingerprint density at radius 1 is 1.04 bits per heavy atom. The van der Waals surface area contributed by atoms with Crippen LogP contribution < -0.4 is 9.64 Å². The van der Waals surface area contributed by atoms with Gasteiger partial charge in [-0.1, -0.05) is 24.3 Å². The zero-order chi connectivity index (χ0) is 17.2. The fraction of sp³-hybridized carbons (Fsp3) is 0.158. The normalized spacial score (nSPS) is 13.6. The Kier molecular flexibility index (Phi) is 3.93. The van der Waals surface area contributed by atoms with Crippen LogP contribution in [0.1, 0.15) is 16.2 Å². The molecule has 2 heterocycles. The maximum absolute atomic E-state index is 13.4. The topological polar surface area (TPSA) is 47.4 Å². The summed E-state index contributed by atoms with van der Waals surface area (Å²) in [5.74, 6) is 0.206. The van der Waals surface area contributed by atoms with Crippen molar-refractivity contribution >= 4 is 11.6 Å². The van der Waals surface area contributed by atoms with Crippen LogP contribution in [0.2, 0.25) is 0 Å². The predicted molar refractivity (Wildman–Crippen MR) is 91.1 cm³/mol. The van der Waals surface area contributed by atoms with Gasteiger partial charge in [0.2, 0.25) is 0 Å². The lowest BCUT2D eigenvalue weighted by Crippen LogP contribution is -2.40. The number of hydrogen-bond acceptors (Lipinski definition) is 3. The van der Waals surface area contributed by atoms with Gasteiger partial charge in [-0.05, 0) is 36.4 Å². The summed E-state index contributed by atoms with van der Waals surface area (Å²) in [7, 11) is 0. The van der Waals surface area contributed by atoms with Crippen molar-refractivity contribution in [1.82, 2.24) is 9.78 Å². The maximum atomic E-state index is 13.4. The van der Waals surface area contributed by atoms with Crippen LogP contribution in [0, 0.1) is 5.82 Å². The van der Waals surface area contributed by atoms with Crippen LogP contribution in [-0.4, -0.2) is 22.2 Å². The fourth-order valence-corrected chi connectivity index (χ4v) is 2.88. The molecule has 0 aliphatic carbocycles. The van der Waals surface area contributed by atoms with E-state index in [2.05, 4.69) is 5.10 Å². The molecular weight excluding hydrogens is 321 g/mol. The third kappa shape index (κ3) is 3.10. The van der Waals surface area contributed by atoms with Gasteiger partial charge in [-0.2, -0.15) is 5.10 Å². The number of rotatable bonds is 4. The molecular formula is C19H16FN3O2. The number of benzene rings is 2. The van der Waals surface area contributed by atoms with Gasteiger partial charge < -0.3 is 9.64 Å². The van der Waals surface area contributed by atoms with Crippen molar-refractivity contribution in [3.63, 3.8) is 0 Å². The first kappa shape index (κ1) is 15.4. The minimum atomic E-state index is -0.360.